The zero-order valence-electron chi connectivity index (χ0n) is 17.7. The molecule has 0 unspecified atom stereocenters. The Balaban J connectivity index is 1.42. The van der Waals surface area contributed by atoms with E-state index in [0.717, 1.165) is 0 Å². The van der Waals surface area contributed by atoms with Gasteiger partial charge in [0.1, 0.15) is 0 Å². The molecule has 1 aromatic carbocycles. The van der Waals surface area contributed by atoms with Gasteiger partial charge in [0.15, 0.2) is 27.6 Å². The Kier molecular flexibility index (Phi) is 6.61. The summed E-state index contributed by atoms with van der Waals surface area (Å²) >= 11 is 2.62. The highest BCUT2D eigenvalue weighted by Crippen LogP contribution is 2.33. The first-order valence-corrected chi connectivity index (χ1v) is 11.7. The second kappa shape index (κ2) is 9.57. The zero-order chi connectivity index (χ0) is 22.7. The number of thioether (sulfide) groups is 1. The van der Waals surface area contributed by atoms with Crippen LogP contribution in [0.5, 0.6) is 11.5 Å². The van der Waals surface area contributed by atoms with Gasteiger partial charge in [0.2, 0.25) is 12.7 Å². The third kappa shape index (κ3) is 4.86. The number of nitrogens with one attached hydrogen (secondary N) is 2. The van der Waals surface area contributed by atoms with E-state index in [2.05, 4.69) is 25.8 Å². The molecular formula is C20H22N6O4S2. The number of nitrogens with zero attached hydrogens (tertiary/aromatic N) is 4. The largest absolute Gasteiger partial charge is 0.454 e. The van der Waals surface area contributed by atoms with Crippen molar-refractivity contribution in [2.75, 3.05) is 17.9 Å². The van der Waals surface area contributed by atoms with Crippen molar-refractivity contribution in [1.82, 2.24) is 25.1 Å². The van der Waals surface area contributed by atoms with Crippen LogP contribution in [0.1, 0.15) is 36.1 Å². The molecule has 4 rings (SSSR count). The van der Waals surface area contributed by atoms with E-state index >= 15 is 0 Å². The second-order valence-electron chi connectivity index (χ2n) is 7.34. The summed E-state index contributed by atoms with van der Waals surface area (Å²) < 4.78 is 12.5. The van der Waals surface area contributed by atoms with Crippen LogP contribution in [0.25, 0.3) is 0 Å². The molecule has 3 heterocycles. The zero-order valence-corrected chi connectivity index (χ0v) is 19.3. The first-order valence-electron chi connectivity index (χ1n) is 9.84. The van der Waals surface area contributed by atoms with Crippen LogP contribution in [0.2, 0.25) is 0 Å². The van der Waals surface area contributed by atoms with Crippen LogP contribution in [0.4, 0.5) is 5.13 Å². The van der Waals surface area contributed by atoms with Gasteiger partial charge in [-0.25, -0.2) is 4.98 Å². The number of carbonyl (C=O) groups excluding carboxylic acids is 2. The molecule has 168 valence electrons. The molecule has 3 aromatic rings. The molecule has 2 aromatic heterocycles. The Bertz CT molecular complexity index is 1120. The van der Waals surface area contributed by atoms with Gasteiger partial charge < -0.3 is 24.7 Å². The Morgan fingerprint density at radius 2 is 2.06 bits per heavy atom. The van der Waals surface area contributed by atoms with E-state index < -0.39 is 0 Å². The first-order chi connectivity index (χ1) is 15.4. The maximum absolute atomic E-state index is 12.9. The summed E-state index contributed by atoms with van der Waals surface area (Å²) in [6.45, 7) is 4.14. The van der Waals surface area contributed by atoms with Crippen molar-refractivity contribution in [3.8, 4) is 11.5 Å². The third-order valence-electron chi connectivity index (χ3n) is 4.75. The minimum absolute atomic E-state index is 0.0573. The molecule has 2 N–H and O–H groups in total. The first kappa shape index (κ1) is 22.1. The molecule has 0 fully saturated rings. The fraction of sp³-hybridized carbons (Fsp3) is 0.350. The lowest BCUT2D eigenvalue weighted by molar-refractivity contribution is -0.113. The van der Waals surface area contributed by atoms with Gasteiger partial charge in [-0.3, -0.25) is 9.59 Å². The van der Waals surface area contributed by atoms with Gasteiger partial charge in [0.05, 0.1) is 11.8 Å². The molecule has 10 nitrogen and oxygen atoms in total. The number of ether oxygens (including phenoxy) is 2. The minimum atomic E-state index is -0.371. The molecule has 12 heteroatoms. The van der Waals surface area contributed by atoms with E-state index in [1.165, 1.54) is 23.1 Å². The molecule has 0 bridgehead atoms. The normalized spacial score (nSPS) is 13.2. The fourth-order valence-electron chi connectivity index (χ4n) is 3.09. The van der Waals surface area contributed by atoms with Gasteiger partial charge >= 0.3 is 0 Å². The average molecular weight is 475 g/mol. The number of benzene rings is 1. The van der Waals surface area contributed by atoms with E-state index in [1.54, 1.807) is 34.3 Å². The number of anilines is 1. The van der Waals surface area contributed by atoms with Crippen LogP contribution in [-0.4, -0.2) is 44.1 Å². The third-order valence-corrected chi connectivity index (χ3v) is 6.45. The molecule has 0 saturated carbocycles. The van der Waals surface area contributed by atoms with Crippen molar-refractivity contribution in [1.29, 1.82) is 0 Å². The van der Waals surface area contributed by atoms with Gasteiger partial charge in [0, 0.05) is 24.2 Å². The number of amides is 2. The Morgan fingerprint density at radius 3 is 2.81 bits per heavy atom. The number of hydrogen-bond acceptors (Lipinski definition) is 9. The lowest BCUT2D eigenvalue weighted by Crippen LogP contribution is -2.33. The maximum Gasteiger partial charge on any atom is 0.252 e. The summed E-state index contributed by atoms with van der Waals surface area (Å²) in [5.74, 6) is 1.58. The van der Waals surface area contributed by atoms with Gasteiger partial charge in [0.25, 0.3) is 5.91 Å². The number of fused-ring (bicyclic) bond motifs is 1. The van der Waals surface area contributed by atoms with E-state index in [0.29, 0.717) is 33.2 Å². The van der Waals surface area contributed by atoms with Crippen molar-refractivity contribution < 1.29 is 19.1 Å². The predicted molar refractivity (Wildman–Crippen MR) is 120 cm³/mol. The van der Waals surface area contributed by atoms with E-state index in [1.807, 2.05) is 20.9 Å². The van der Waals surface area contributed by atoms with Crippen molar-refractivity contribution in [2.45, 2.75) is 25.0 Å². The lowest BCUT2D eigenvalue weighted by Gasteiger charge is -2.21. The standard InChI is InChI=1S/C20H22N6O4S2/c1-11(2)16(23-18(28)12-4-5-13-14(8-12)30-10-29-13)17-24-25-20(26(17)3)32-9-15(27)22-19-21-6-7-31-19/h4-8,11,16H,9-10H2,1-3H3,(H,23,28)(H,21,22,27)/t16-/m0/s1. The highest BCUT2D eigenvalue weighted by atomic mass is 32.2. The van der Waals surface area contributed by atoms with Gasteiger partial charge in [-0.05, 0) is 24.1 Å². The van der Waals surface area contributed by atoms with E-state index in [4.69, 9.17) is 9.47 Å². The van der Waals surface area contributed by atoms with Gasteiger partial charge in [-0.1, -0.05) is 25.6 Å². The molecule has 0 radical (unpaired) electrons. The Morgan fingerprint density at radius 1 is 1.25 bits per heavy atom. The lowest BCUT2D eigenvalue weighted by atomic mass is 10.0. The number of carbonyl (C=O) groups is 2. The molecule has 1 aliphatic heterocycles. The monoisotopic (exact) mass is 474 g/mol. The molecule has 1 aliphatic rings. The summed E-state index contributed by atoms with van der Waals surface area (Å²) in [5, 5.41) is 17.2. The number of rotatable bonds is 8. The molecule has 0 aliphatic carbocycles. The summed E-state index contributed by atoms with van der Waals surface area (Å²) in [5.41, 5.74) is 0.468. The SMILES string of the molecule is CC(C)[C@H](NC(=O)c1ccc2c(c1)OCO2)c1nnc(SCC(=O)Nc2nccs2)n1C. The van der Waals surface area contributed by atoms with E-state index in [-0.39, 0.29) is 36.3 Å². The molecular weight excluding hydrogens is 452 g/mol. The highest BCUT2D eigenvalue weighted by Gasteiger charge is 2.26. The Hall–Kier alpha value is -3.12. The van der Waals surface area contributed by atoms with Crippen molar-refractivity contribution in [3.63, 3.8) is 0 Å². The van der Waals surface area contributed by atoms with Crippen molar-refractivity contribution >= 4 is 40.0 Å². The highest BCUT2D eigenvalue weighted by molar-refractivity contribution is 7.99. The van der Waals surface area contributed by atoms with Crippen molar-refractivity contribution in [2.24, 2.45) is 13.0 Å². The summed E-state index contributed by atoms with van der Waals surface area (Å²) in [6.07, 6.45) is 1.63. The van der Waals surface area contributed by atoms with Crippen LogP contribution in [-0.2, 0) is 11.8 Å². The maximum atomic E-state index is 12.9. The molecule has 0 spiro atoms. The van der Waals surface area contributed by atoms with Gasteiger partial charge in [-0.15, -0.1) is 21.5 Å². The second-order valence-corrected chi connectivity index (χ2v) is 9.17. The fourth-order valence-corrected chi connectivity index (χ4v) is 4.35. The summed E-state index contributed by atoms with van der Waals surface area (Å²) in [7, 11) is 1.82. The smallest absolute Gasteiger partial charge is 0.252 e. The quantitative estimate of drug-likeness (QED) is 0.478. The summed E-state index contributed by atoms with van der Waals surface area (Å²) in [6, 6.07) is 4.70. The molecule has 0 saturated heterocycles. The van der Waals surface area contributed by atoms with Crippen LogP contribution < -0.4 is 20.1 Å². The van der Waals surface area contributed by atoms with E-state index in [9.17, 15) is 9.59 Å². The number of hydrogen-bond donors (Lipinski definition) is 2. The molecule has 1 atom stereocenters. The van der Waals surface area contributed by atoms with Gasteiger partial charge in [-0.2, -0.15) is 0 Å². The number of aromatic nitrogens is 4. The molecule has 2 amide bonds. The van der Waals surface area contributed by atoms with Crippen LogP contribution in [0.15, 0.2) is 34.9 Å². The number of thiazole rings is 1. The summed E-state index contributed by atoms with van der Waals surface area (Å²) in [4.78, 5) is 29.1. The average Bonchev–Trinajstić information content (AvgIpc) is 3.51. The van der Waals surface area contributed by atoms with Crippen LogP contribution >= 0.6 is 23.1 Å². The van der Waals surface area contributed by atoms with Crippen LogP contribution in [0.3, 0.4) is 0 Å². The predicted octanol–water partition coefficient (Wildman–Crippen LogP) is 2.86. The Labute approximate surface area is 192 Å². The topological polar surface area (TPSA) is 120 Å². The van der Waals surface area contributed by atoms with Crippen molar-refractivity contribution in [3.05, 3.63) is 41.2 Å². The minimum Gasteiger partial charge on any atom is -0.454 e. The molecule has 32 heavy (non-hydrogen) atoms. The van der Waals surface area contributed by atoms with Crippen LogP contribution in [0, 0.1) is 5.92 Å².